The first kappa shape index (κ1) is 20.6. The first-order chi connectivity index (χ1) is 14.1. The minimum Gasteiger partial charge on any atom is -0.352 e. The van der Waals surface area contributed by atoms with Crippen molar-refractivity contribution in [1.29, 1.82) is 0 Å². The van der Waals surface area contributed by atoms with Crippen LogP contribution in [0.25, 0.3) is 0 Å². The lowest BCUT2D eigenvalue weighted by Gasteiger charge is -2.20. The zero-order valence-corrected chi connectivity index (χ0v) is 16.7. The highest BCUT2D eigenvalue weighted by Gasteiger charge is 2.16. The predicted octanol–water partition coefficient (Wildman–Crippen LogP) is 4.76. The van der Waals surface area contributed by atoms with Crippen LogP contribution in [-0.2, 0) is 4.79 Å². The van der Waals surface area contributed by atoms with E-state index in [1.165, 1.54) is 0 Å². The fourth-order valence-electron chi connectivity index (χ4n) is 3.04. The van der Waals surface area contributed by atoms with Crippen LogP contribution in [-0.4, -0.2) is 18.4 Å². The van der Waals surface area contributed by atoms with Gasteiger partial charge in [0.1, 0.15) is 0 Å². The monoisotopic (exact) mass is 406 g/mol. The van der Waals surface area contributed by atoms with Gasteiger partial charge in [-0.25, -0.2) is 0 Å². The van der Waals surface area contributed by atoms with Crippen molar-refractivity contribution in [2.75, 3.05) is 6.54 Å². The van der Waals surface area contributed by atoms with Crippen molar-refractivity contribution in [3.8, 4) is 0 Å². The van der Waals surface area contributed by atoms with E-state index in [0.29, 0.717) is 30.0 Å². The molecular weight excluding hydrogens is 384 g/mol. The highest BCUT2D eigenvalue weighted by Crippen LogP contribution is 2.21. The summed E-state index contributed by atoms with van der Waals surface area (Å²) in [4.78, 5) is 24.6. The number of hydrogen-bond donors (Lipinski definition) is 2. The van der Waals surface area contributed by atoms with Crippen LogP contribution in [0.15, 0.2) is 84.9 Å². The average Bonchev–Trinajstić information content (AvgIpc) is 2.76. The Hall–Kier alpha value is -3.11. The van der Waals surface area contributed by atoms with Gasteiger partial charge in [-0.3, -0.25) is 9.59 Å². The van der Waals surface area contributed by atoms with Gasteiger partial charge in [-0.15, -0.1) is 0 Å². The molecule has 0 radical (unpaired) electrons. The third-order valence-electron chi connectivity index (χ3n) is 4.54. The highest BCUT2D eigenvalue weighted by molar-refractivity contribution is 6.30. The van der Waals surface area contributed by atoms with Crippen LogP contribution in [0.4, 0.5) is 0 Å². The van der Waals surface area contributed by atoms with E-state index in [-0.39, 0.29) is 17.9 Å². The van der Waals surface area contributed by atoms with E-state index >= 15 is 0 Å². The van der Waals surface area contributed by atoms with Crippen LogP contribution in [0.3, 0.4) is 0 Å². The molecule has 2 amide bonds. The van der Waals surface area contributed by atoms with Gasteiger partial charge in [-0.2, -0.15) is 0 Å². The summed E-state index contributed by atoms with van der Waals surface area (Å²) >= 11 is 5.83. The van der Waals surface area contributed by atoms with E-state index < -0.39 is 0 Å². The molecule has 0 aliphatic heterocycles. The summed E-state index contributed by atoms with van der Waals surface area (Å²) in [6, 6.07) is 26.3. The van der Waals surface area contributed by atoms with Gasteiger partial charge in [0.25, 0.3) is 5.91 Å². The Morgan fingerprint density at radius 3 is 1.90 bits per heavy atom. The summed E-state index contributed by atoms with van der Waals surface area (Å²) in [5, 5.41) is 6.53. The molecule has 3 aromatic rings. The Labute approximate surface area is 175 Å². The number of rotatable bonds is 8. The van der Waals surface area contributed by atoms with E-state index in [0.717, 1.165) is 11.1 Å². The molecule has 4 nitrogen and oxygen atoms in total. The molecule has 0 saturated carbocycles. The molecule has 5 heteroatoms. The minimum atomic E-state index is -0.200. The van der Waals surface area contributed by atoms with Crippen molar-refractivity contribution >= 4 is 23.4 Å². The number of halogens is 1. The Kier molecular flexibility index (Phi) is 7.42. The van der Waals surface area contributed by atoms with E-state index in [4.69, 9.17) is 11.6 Å². The van der Waals surface area contributed by atoms with Crippen LogP contribution >= 0.6 is 11.6 Å². The topological polar surface area (TPSA) is 58.2 Å². The van der Waals surface area contributed by atoms with Gasteiger partial charge in [0, 0.05) is 23.6 Å². The van der Waals surface area contributed by atoms with E-state index in [1.807, 2.05) is 60.7 Å². The number of carbonyl (C=O) groups is 2. The van der Waals surface area contributed by atoms with Gasteiger partial charge in [0.05, 0.1) is 6.04 Å². The first-order valence-corrected chi connectivity index (χ1v) is 9.94. The predicted molar refractivity (Wildman–Crippen MR) is 116 cm³/mol. The molecule has 0 heterocycles. The lowest BCUT2D eigenvalue weighted by Crippen LogP contribution is -2.30. The fraction of sp³-hybridized carbons (Fsp3) is 0.167. The zero-order valence-electron chi connectivity index (χ0n) is 16.0. The summed E-state index contributed by atoms with van der Waals surface area (Å²) in [6.45, 7) is 0.427. The SMILES string of the molecule is O=C(CCCNC(=O)c1ccc(Cl)cc1)NC(c1ccccc1)c1ccccc1. The van der Waals surface area contributed by atoms with Crippen molar-refractivity contribution in [3.05, 3.63) is 107 Å². The van der Waals surface area contributed by atoms with Gasteiger partial charge in [-0.05, 0) is 41.8 Å². The number of amides is 2. The van der Waals surface area contributed by atoms with Crippen molar-refractivity contribution in [2.24, 2.45) is 0 Å². The lowest BCUT2D eigenvalue weighted by atomic mass is 9.98. The summed E-state index contributed by atoms with van der Waals surface area (Å²) in [5.74, 6) is -0.225. The van der Waals surface area contributed by atoms with Crippen LogP contribution < -0.4 is 10.6 Å². The third-order valence-corrected chi connectivity index (χ3v) is 4.80. The standard InChI is InChI=1S/C24H23ClN2O2/c25-21-15-13-20(14-16-21)24(29)26-17-7-12-22(28)27-23(18-8-3-1-4-9-18)19-10-5-2-6-11-19/h1-6,8-11,13-16,23H,7,12,17H2,(H,26,29)(H,27,28). The lowest BCUT2D eigenvalue weighted by molar-refractivity contribution is -0.121. The Morgan fingerprint density at radius 1 is 0.793 bits per heavy atom. The smallest absolute Gasteiger partial charge is 0.251 e. The second-order valence-corrected chi connectivity index (χ2v) is 7.12. The van der Waals surface area contributed by atoms with Crippen LogP contribution in [0.2, 0.25) is 5.02 Å². The number of carbonyl (C=O) groups excluding carboxylic acids is 2. The molecule has 29 heavy (non-hydrogen) atoms. The first-order valence-electron chi connectivity index (χ1n) is 9.56. The van der Waals surface area contributed by atoms with E-state index in [1.54, 1.807) is 24.3 Å². The van der Waals surface area contributed by atoms with Crippen molar-refractivity contribution in [3.63, 3.8) is 0 Å². The molecule has 0 spiro atoms. The van der Waals surface area contributed by atoms with E-state index in [2.05, 4.69) is 10.6 Å². The van der Waals surface area contributed by atoms with Crippen molar-refractivity contribution in [1.82, 2.24) is 10.6 Å². The maximum Gasteiger partial charge on any atom is 0.251 e. The molecule has 148 valence electrons. The largest absolute Gasteiger partial charge is 0.352 e. The Bertz CT molecular complexity index is 889. The molecule has 0 saturated heterocycles. The Balaban J connectivity index is 1.51. The van der Waals surface area contributed by atoms with Crippen LogP contribution in [0.5, 0.6) is 0 Å². The summed E-state index contributed by atoms with van der Waals surface area (Å²) in [7, 11) is 0. The third kappa shape index (κ3) is 6.19. The quantitative estimate of drug-likeness (QED) is 0.530. The molecule has 0 aromatic heterocycles. The van der Waals surface area contributed by atoms with Gasteiger partial charge in [0.15, 0.2) is 0 Å². The molecule has 3 rings (SSSR count). The minimum absolute atomic E-state index is 0.0524. The summed E-state index contributed by atoms with van der Waals surface area (Å²) in [5.41, 5.74) is 2.61. The van der Waals surface area contributed by atoms with Gasteiger partial charge >= 0.3 is 0 Å². The second kappa shape index (κ2) is 10.4. The van der Waals surface area contributed by atoms with Crippen LogP contribution in [0.1, 0.15) is 40.4 Å². The molecule has 0 unspecified atom stereocenters. The highest BCUT2D eigenvalue weighted by atomic mass is 35.5. The Morgan fingerprint density at radius 2 is 1.34 bits per heavy atom. The second-order valence-electron chi connectivity index (χ2n) is 6.69. The molecule has 0 aliphatic carbocycles. The summed E-state index contributed by atoms with van der Waals surface area (Å²) in [6.07, 6.45) is 0.887. The maximum atomic E-state index is 12.5. The molecule has 0 atom stereocenters. The molecule has 0 fully saturated rings. The van der Waals surface area contributed by atoms with Crippen molar-refractivity contribution < 1.29 is 9.59 Å². The van der Waals surface area contributed by atoms with E-state index in [9.17, 15) is 9.59 Å². The van der Waals surface area contributed by atoms with Gasteiger partial charge in [-0.1, -0.05) is 72.3 Å². The number of benzene rings is 3. The average molecular weight is 407 g/mol. The van der Waals surface area contributed by atoms with Gasteiger partial charge < -0.3 is 10.6 Å². The number of hydrogen-bond acceptors (Lipinski definition) is 2. The van der Waals surface area contributed by atoms with Crippen LogP contribution in [0, 0.1) is 0 Å². The summed E-state index contributed by atoms with van der Waals surface area (Å²) < 4.78 is 0. The van der Waals surface area contributed by atoms with Gasteiger partial charge in [0.2, 0.25) is 5.91 Å². The maximum absolute atomic E-state index is 12.5. The number of nitrogens with one attached hydrogen (secondary N) is 2. The molecule has 0 bridgehead atoms. The van der Waals surface area contributed by atoms with Crippen molar-refractivity contribution in [2.45, 2.75) is 18.9 Å². The molecule has 3 aromatic carbocycles. The molecular formula is C24H23ClN2O2. The molecule has 2 N–H and O–H groups in total. The normalized spacial score (nSPS) is 10.6. The molecule has 0 aliphatic rings. The zero-order chi connectivity index (χ0) is 20.5. The fourth-order valence-corrected chi connectivity index (χ4v) is 3.16.